The van der Waals surface area contributed by atoms with Gasteiger partial charge in [0.2, 0.25) is 53.1 Å². The number of aromatic hydroxyl groups is 1. The van der Waals surface area contributed by atoms with E-state index < -0.39 is 183 Å². The molecule has 94 heavy (non-hydrogen) atoms. The Morgan fingerprint density at radius 2 is 1.36 bits per heavy atom. The van der Waals surface area contributed by atoms with Gasteiger partial charge in [-0.1, -0.05) is 50.6 Å². The van der Waals surface area contributed by atoms with Crippen LogP contribution >= 0.6 is 12.3 Å². The number of rotatable bonds is 20. The summed E-state index contributed by atoms with van der Waals surface area (Å²) in [7, 11) is 0. The second-order valence-corrected chi connectivity index (χ2v) is 23.1. The van der Waals surface area contributed by atoms with Crippen LogP contribution in [0.2, 0.25) is 0 Å². The van der Waals surface area contributed by atoms with Gasteiger partial charge in [0.25, 0.3) is 18.2 Å². The minimum atomic E-state index is -2.55. The third-order valence-electron chi connectivity index (χ3n) is 15.8. The fraction of sp³-hybridized carbons (Fsp3) is 0.433. The quantitative estimate of drug-likeness (QED) is 0.0114. The summed E-state index contributed by atoms with van der Waals surface area (Å²) in [5.74, 6) is -11.1. The van der Waals surface area contributed by atoms with E-state index in [1.165, 1.54) is 31.2 Å². The Labute approximate surface area is 563 Å². The maximum Gasteiger partial charge on any atom is 1.00 e. The van der Waals surface area contributed by atoms with Gasteiger partial charge in [0, 0.05) is 55.1 Å². The maximum absolute atomic E-state index is 14.7. The Balaban J connectivity index is 0.0000125. The SMILES string of the molecule is CCCCOc1ccc(-c2ccc(-c3nnc(-c4ccc(C(=O)NC5CC(O)CNC(=O)C6C(O)C(C)CN6C(=O)C(C(O)CC(N)=O)NC(=O)C(C(O)C(O)c6ccc(O)c(OSOO[O-])c6)NC(=O)C6CC(O)CN6C(=O)C(C(C)O)NC5=O)cc4)o3)cc2)cc1.[Na+]. The van der Waals surface area contributed by atoms with Crippen LogP contribution < -0.4 is 76.1 Å². The predicted octanol–water partition coefficient (Wildman–Crippen LogP) is -5.56. The molecule has 0 spiro atoms. The average molecular weight is 1340 g/mol. The van der Waals surface area contributed by atoms with E-state index in [2.05, 4.69) is 53.1 Å². The third-order valence-corrected chi connectivity index (χ3v) is 16.2. The van der Waals surface area contributed by atoms with Gasteiger partial charge in [-0.2, -0.15) is 0 Å². The molecule has 4 heterocycles. The maximum atomic E-state index is 14.7. The number of amides is 8. The molecule has 0 aliphatic carbocycles. The molecule has 3 aliphatic heterocycles. The topological polar surface area (TPSA) is 490 Å². The fourth-order valence-electron chi connectivity index (χ4n) is 10.8. The zero-order valence-corrected chi connectivity index (χ0v) is 54.0. The second kappa shape index (κ2) is 33.5. The summed E-state index contributed by atoms with van der Waals surface area (Å²) in [4.78, 5) is 115. The van der Waals surface area contributed by atoms with Gasteiger partial charge in [0.05, 0.1) is 43.5 Å². The van der Waals surface area contributed by atoms with Crippen LogP contribution in [0.1, 0.15) is 74.9 Å². The third kappa shape index (κ3) is 18.1. The first-order valence-electron chi connectivity index (χ1n) is 29.4. The van der Waals surface area contributed by atoms with E-state index in [0.29, 0.717) is 22.6 Å². The van der Waals surface area contributed by atoms with Gasteiger partial charge in [-0.25, -0.2) is 0 Å². The smallest absolute Gasteiger partial charge is 0.691 e. The van der Waals surface area contributed by atoms with E-state index >= 15 is 0 Å². The van der Waals surface area contributed by atoms with Crippen molar-refractivity contribution < 1.29 is 137 Å². The number of β-amino-alcohol motifs (C(OH)–C–C–N with tert-alkyl or cyclic N) is 1. The van der Waals surface area contributed by atoms with Crippen LogP contribution in [0.15, 0.2) is 95.4 Å². The van der Waals surface area contributed by atoms with Crippen molar-refractivity contribution in [2.75, 3.05) is 26.2 Å². The molecule has 14 unspecified atom stereocenters. The number of ether oxygens (including phenoxy) is 1. The number of hydrogen-bond acceptors (Lipinski definition) is 25. The Morgan fingerprint density at radius 3 is 1.98 bits per heavy atom. The number of aliphatic hydroxyl groups is 7. The number of aliphatic hydroxyl groups excluding tert-OH is 7. The van der Waals surface area contributed by atoms with Crippen LogP contribution in [0, 0.1) is 5.92 Å². The minimum absolute atomic E-state index is 0. The number of unbranched alkanes of at least 4 members (excludes halogenated alkanes) is 1. The van der Waals surface area contributed by atoms with Crippen molar-refractivity contribution in [1.82, 2.24) is 46.6 Å². The van der Waals surface area contributed by atoms with Gasteiger partial charge < -0.3 is 102 Å². The minimum Gasteiger partial charge on any atom is -0.691 e. The molecule has 0 radical (unpaired) electrons. The van der Waals surface area contributed by atoms with E-state index in [0.717, 1.165) is 59.7 Å². The standard InChI is InChI=1S/C60H72N10O22S.Na/c1-4-5-20-88-38-17-14-31(15-18-38)30-6-10-33(11-7-30)57-67-68-58(89-57)34-12-8-32(9-13-34)52(80)63-39-22-36(72)25-62-56(84)48-49(77)28(2)26-70(48)60(86)46(42(75)24-44(61)76)65-55(83)47(51(79)50(78)35-16-19-41(74)43(21-35)90-93-92-91-87)66-54(82)40-23-37(73)27-69(40)59(85)45(29(3)71)64-53(39)81;/h6-19,21,28-29,36-37,39-40,42,45-51,71-75,77-79,87H,4-5,20,22-27H2,1-3H3,(H2,61,76)(H,62,84)(H,63,80)(H,64,81)(H,65,83)(H,66,82);/q;+1/p-1. The number of phenols is 1. The number of carbonyl (C=O) groups excluding carboxylic acids is 8. The van der Waals surface area contributed by atoms with Gasteiger partial charge >= 0.3 is 29.6 Å². The first kappa shape index (κ1) is 73.5. The summed E-state index contributed by atoms with van der Waals surface area (Å²) >= 11 is -0.0894. The molecule has 3 saturated heterocycles. The van der Waals surface area contributed by atoms with E-state index in [4.69, 9.17) is 19.1 Å². The molecule has 1 aromatic heterocycles. The van der Waals surface area contributed by atoms with Crippen molar-refractivity contribution in [3.63, 3.8) is 0 Å². The number of nitrogens with zero attached hydrogens (tertiary/aromatic N) is 4. The number of benzene rings is 4. The molecule has 8 rings (SSSR count). The summed E-state index contributed by atoms with van der Waals surface area (Å²) in [6.45, 7) is 3.34. The normalized spacial score (nSPS) is 24.5. The van der Waals surface area contributed by atoms with Crippen LogP contribution in [-0.4, -0.2) is 207 Å². The summed E-state index contributed by atoms with van der Waals surface area (Å²) < 4.78 is 20.8. The largest absolute Gasteiger partial charge is 1.00 e. The zero-order chi connectivity index (χ0) is 67.4. The number of phenolic OH excluding ortho intramolecular Hbond substituents is 1. The Hall–Kier alpha value is -7.87. The molecule has 0 bridgehead atoms. The van der Waals surface area contributed by atoms with Crippen LogP contribution in [0.3, 0.4) is 0 Å². The molecule has 3 aliphatic rings. The monoisotopic (exact) mass is 1340 g/mol. The molecule has 3 fully saturated rings. The molecule has 34 heteroatoms. The van der Waals surface area contributed by atoms with Crippen molar-refractivity contribution >= 4 is 59.6 Å². The molecule has 15 N–H and O–H groups in total. The summed E-state index contributed by atoms with van der Waals surface area (Å²) in [5.41, 5.74) is 7.84. The number of fused-ring (bicyclic) bond motifs is 2. The number of carbonyl (C=O) groups is 8. The van der Waals surface area contributed by atoms with E-state index in [1.54, 1.807) is 0 Å². The van der Waals surface area contributed by atoms with E-state index in [-0.39, 0.29) is 64.8 Å². The molecule has 4 aromatic carbocycles. The van der Waals surface area contributed by atoms with Gasteiger partial charge in [0.15, 0.2) is 11.5 Å². The number of aromatic nitrogens is 2. The van der Waals surface area contributed by atoms with Gasteiger partial charge in [-0.15, -0.1) is 14.5 Å². The van der Waals surface area contributed by atoms with Gasteiger partial charge in [-0.3, -0.25) is 43.4 Å². The molecule has 32 nitrogen and oxygen atoms in total. The Morgan fingerprint density at radius 1 is 0.766 bits per heavy atom. The van der Waals surface area contributed by atoms with E-state index in [1.807, 2.05) is 48.5 Å². The zero-order valence-electron chi connectivity index (χ0n) is 51.2. The van der Waals surface area contributed by atoms with Gasteiger partial charge in [0.1, 0.15) is 54.2 Å². The second-order valence-electron chi connectivity index (χ2n) is 22.6. The Kier molecular flexibility index (Phi) is 26.2. The number of hydrogen-bond donors (Lipinski definition) is 14. The van der Waals surface area contributed by atoms with Crippen LogP contribution in [0.5, 0.6) is 17.2 Å². The molecule has 8 amide bonds. The molecule has 0 saturated carbocycles. The van der Waals surface area contributed by atoms with Crippen molar-refractivity contribution in [3.8, 4) is 51.3 Å². The molecular formula is C60H71N10NaO22S. The van der Waals surface area contributed by atoms with Crippen LogP contribution in [0.4, 0.5) is 0 Å². The number of primary amides is 1. The first-order valence-corrected chi connectivity index (χ1v) is 30.1. The van der Waals surface area contributed by atoms with Crippen LogP contribution in [-0.2, 0) is 42.9 Å². The summed E-state index contributed by atoms with van der Waals surface area (Å²) in [5, 5.41) is 124. The predicted molar refractivity (Wildman–Crippen MR) is 319 cm³/mol. The molecular weight excluding hydrogens is 1270 g/mol. The van der Waals surface area contributed by atoms with Crippen LogP contribution in [0.25, 0.3) is 34.0 Å². The van der Waals surface area contributed by atoms with Crippen molar-refractivity contribution in [1.29, 1.82) is 0 Å². The number of nitrogens with one attached hydrogen (secondary N) is 5. The first-order chi connectivity index (χ1) is 44.4. The summed E-state index contributed by atoms with van der Waals surface area (Å²) in [6, 6.07) is 11.3. The van der Waals surface area contributed by atoms with Crippen molar-refractivity contribution in [2.24, 2.45) is 11.7 Å². The molecule has 500 valence electrons. The fourth-order valence-corrected chi connectivity index (χ4v) is 11.0. The van der Waals surface area contributed by atoms with Gasteiger partial charge in [-0.05, 0) is 90.7 Å². The number of nitrogens with two attached hydrogens (primary N) is 1. The van der Waals surface area contributed by atoms with E-state index in [9.17, 15) is 84.5 Å². The summed E-state index contributed by atoms with van der Waals surface area (Å²) in [6.07, 6.45) is -14.3. The molecule has 5 aromatic rings. The van der Waals surface area contributed by atoms with Crippen molar-refractivity contribution in [2.45, 2.75) is 132 Å². The average Bonchev–Trinajstić information content (AvgIpc) is 1.61. The van der Waals surface area contributed by atoms with Crippen molar-refractivity contribution in [3.05, 3.63) is 102 Å². The Bertz CT molecular complexity index is 3460. The molecule has 14 atom stereocenters.